The summed E-state index contributed by atoms with van der Waals surface area (Å²) in [5.74, 6) is 1.08. The summed E-state index contributed by atoms with van der Waals surface area (Å²) in [5.41, 5.74) is 2.17. The molecule has 7 heteroatoms. The van der Waals surface area contributed by atoms with Gasteiger partial charge in [0.15, 0.2) is 0 Å². The molecule has 1 aliphatic heterocycles. The molecule has 0 radical (unpaired) electrons. The third-order valence-corrected chi connectivity index (χ3v) is 5.60. The molecule has 25 heavy (non-hydrogen) atoms. The minimum absolute atomic E-state index is 0.00545. The van der Waals surface area contributed by atoms with E-state index in [1.54, 1.807) is 0 Å². The number of rotatable bonds is 3. The molecule has 3 aromatic rings. The Morgan fingerprint density at radius 1 is 1.28 bits per heavy atom. The quantitative estimate of drug-likeness (QED) is 0.677. The summed E-state index contributed by atoms with van der Waals surface area (Å²) in [6.07, 6.45) is 6.78. The molecule has 0 aliphatic carbocycles. The molecule has 0 saturated carbocycles. The molecule has 130 valence electrons. The third kappa shape index (κ3) is 3.08. The zero-order valence-corrected chi connectivity index (χ0v) is 15.7. The largest absolute Gasteiger partial charge is 0.336 e. The van der Waals surface area contributed by atoms with Gasteiger partial charge in [-0.1, -0.05) is 6.07 Å². The molecule has 1 aliphatic rings. The van der Waals surface area contributed by atoms with E-state index in [-0.39, 0.29) is 5.91 Å². The first-order valence-corrected chi connectivity index (χ1v) is 9.31. The SMILES string of the molecule is Cn1nccc1CC1CCN(C(=O)c2nc(Br)c3ccccn23)CC1. The molecule has 4 rings (SSSR count). The van der Waals surface area contributed by atoms with Crippen LogP contribution in [-0.2, 0) is 13.5 Å². The maximum atomic E-state index is 12.9. The minimum Gasteiger partial charge on any atom is -0.336 e. The van der Waals surface area contributed by atoms with Gasteiger partial charge in [-0.05, 0) is 59.3 Å². The van der Waals surface area contributed by atoms with E-state index in [0.717, 1.165) is 37.9 Å². The van der Waals surface area contributed by atoms with Gasteiger partial charge < -0.3 is 4.90 Å². The fourth-order valence-corrected chi connectivity index (χ4v) is 4.02. The van der Waals surface area contributed by atoms with Gasteiger partial charge >= 0.3 is 0 Å². The van der Waals surface area contributed by atoms with Gasteiger partial charge in [0.2, 0.25) is 5.82 Å². The molecular weight excluding hydrogens is 382 g/mol. The second-order valence-corrected chi connectivity index (χ2v) is 7.32. The van der Waals surface area contributed by atoms with Crippen LogP contribution >= 0.6 is 15.9 Å². The molecule has 0 unspecified atom stereocenters. The number of aromatic nitrogens is 4. The molecule has 1 saturated heterocycles. The minimum atomic E-state index is 0.00545. The lowest BCUT2D eigenvalue weighted by Crippen LogP contribution is -2.39. The van der Waals surface area contributed by atoms with Crippen molar-refractivity contribution >= 4 is 27.4 Å². The average molecular weight is 402 g/mol. The molecule has 0 aromatic carbocycles. The molecule has 0 N–H and O–H groups in total. The van der Waals surface area contributed by atoms with Gasteiger partial charge in [0.05, 0.1) is 5.52 Å². The van der Waals surface area contributed by atoms with Crippen LogP contribution in [-0.4, -0.2) is 43.1 Å². The van der Waals surface area contributed by atoms with E-state index >= 15 is 0 Å². The number of halogens is 1. The molecule has 1 fully saturated rings. The first-order chi connectivity index (χ1) is 12.1. The Hall–Kier alpha value is -2.15. The van der Waals surface area contributed by atoms with Crippen LogP contribution in [0.25, 0.3) is 5.52 Å². The van der Waals surface area contributed by atoms with Crippen LogP contribution in [0.2, 0.25) is 0 Å². The van der Waals surface area contributed by atoms with Crippen molar-refractivity contribution in [2.24, 2.45) is 13.0 Å². The number of pyridine rings is 1. The molecule has 6 nitrogen and oxygen atoms in total. The number of fused-ring (bicyclic) bond motifs is 1. The molecule has 1 amide bonds. The lowest BCUT2D eigenvalue weighted by molar-refractivity contribution is 0.0676. The Morgan fingerprint density at radius 3 is 2.80 bits per heavy atom. The molecular formula is C18H20BrN5O. The Kier molecular flexibility index (Phi) is 4.33. The standard InChI is InChI=1S/C18H20BrN5O/c1-22-14(5-8-20-22)12-13-6-10-23(11-7-13)18(25)17-21-16(19)15-4-2-3-9-24(15)17/h2-5,8-9,13H,6-7,10-12H2,1H3. The summed E-state index contributed by atoms with van der Waals surface area (Å²) >= 11 is 3.45. The van der Waals surface area contributed by atoms with E-state index in [2.05, 4.69) is 32.1 Å². The topological polar surface area (TPSA) is 55.4 Å². The number of amides is 1. The monoisotopic (exact) mass is 401 g/mol. The van der Waals surface area contributed by atoms with E-state index in [1.165, 1.54) is 5.69 Å². The van der Waals surface area contributed by atoms with Gasteiger partial charge in [0, 0.05) is 38.2 Å². The Bertz CT molecular complexity index is 907. The average Bonchev–Trinajstić information content (AvgIpc) is 3.19. The first-order valence-electron chi connectivity index (χ1n) is 8.52. The fourth-order valence-electron chi connectivity index (χ4n) is 3.53. The lowest BCUT2D eigenvalue weighted by Gasteiger charge is -2.31. The van der Waals surface area contributed by atoms with E-state index in [1.807, 2.05) is 51.6 Å². The number of piperidine rings is 1. The van der Waals surface area contributed by atoms with E-state index < -0.39 is 0 Å². The van der Waals surface area contributed by atoms with E-state index in [0.29, 0.717) is 16.3 Å². The van der Waals surface area contributed by atoms with Crippen molar-refractivity contribution in [3.05, 3.63) is 52.8 Å². The van der Waals surface area contributed by atoms with Crippen LogP contribution in [0, 0.1) is 5.92 Å². The predicted octanol–water partition coefficient (Wildman–Crippen LogP) is 2.93. The number of hydrogen-bond acceptors (Lipinski definition) is 3. The summed E-state index contributed by atoms with van der Waals surface area (Å²) < 4.78 is 4.50. The highest BCUT2D eigenvalue weighted by Crippen LogP contribution is 2.24. The third-order valence-electron chi connectivity index (χ3n) is 5.02. The fraction of sp³-hybridized carbons (Fsp3) is 0.389. The van der Waals surface area contributed by atoms with Gasteiger partial charge in [-0.25, -0.2) is 4.98 Å². The second-order valence-electron chi connectivity index (χ2n) is 6.57. The Morgan fingerprint density at radius 2 is 2.08 bits per heavy atom. The molecule has 0 bridgehead atoms. The zero-order valence-electron chi connectivity index (χ0n) is 14.1. The summed E-state index contributed by atoms with van der Waals surface area (Å²) in [6.45, 7) is 1.56. The number of carbonyl (C=O) groups is 1. The first kappa shape index (κ1) is 16.3. The van der Waals surface area contributed by atoms with Crippen molar-refractivity contribution in [2.75, 3.05) is 13.1 Å². The molecule has 4 heterocycles. The number of imidazole rings is 1. The zero-order chi connectivity index (χ0) is 17.4. The van der Waals surface area contributed by atoms with Gasteiger partial charge in [-0.15, -0.1) is 0 Å². The number of carbonyl (C=O) groups excluding carboxylic acids is 1. The lowest BCUT2D eigenvalue weighted by atomic mass is 9.92. The van der Waals surface area contributed by atoms with Crippen LogP contribution in [0.15, 0.2) is 41.3 Å². The van der Waals surface area contributed by atoms with Gasteiger partial charge in [-0.2, -0.15) is 5.10 Å². The summed E-state index contributed by atoms with van der Waals surface area (Å²) in [4.78, 5) is 19.3. The van der Waals surface area contributed by atoms with Crippen LogP contribution in [0.1, 0.15) is 29.2 Å². The highest BCUT2D eigenvalue weighted by atomic mass is 79.9. The smallest absolute Gasteiger partial charge is 0.290 e. The summed E-state index contributed by atoms with van der Waals surface area (Å²) in [6, 6.07) is 7.89. The highest BCUT2D eigenvalue weighted by Gasteiger charge is 2.27. The number of hydrogen-bond donors (Lipinski definition) is 0. The number of likely N-dealkylation sites (tertiary alicyclic amines) is 1. The van der Waals surface area contributed by atoms with E-state index in [4.69, 9.17) is 0 Å². The van der Waals surface area contributed by atoms with Crippen molar-refractivity contribution in [1.29, 1.82) is 0 Å². The van der Waals surface area contributed by atoms with E-state index in [9.17, 15) is 4.79 Å². The molecule has 3 aromatic heterocycles. The molecule has 0 spiro atoms. The van der Waals surface area contributed by atoms with Crippen LogP contribution < -0.4 is 0 Å². The van der Waals surface area contributed by atoms with Crippen LogP contribution in [0.4, 0.5) is 0 Å². The van der Waals surface area contributed by atoms with Crippen molar-refractivity contribution in [3.8, 4) is 0 Å². The normalized spacial score (nSPS) is 15.8. The van der Waals surface area contributed by atoms with Gasteiger partial charge in [0.25, 0.3) is 5.91 Å². The Labute approximate surface area is 154 Å². The van der Waals surface area contributed by atoms with Crippen molar-refractivity contribution in [1.82, 2.24) is 24.1 Å². The maximum Gasteiger partial charge on any atom is 0.290 e. The second kappa shape index (κ2) is 6.63. The molecule has 0 atom stereocenters. The highest BCUT2D eigenvalue weighted by molar-refractivity contribution is 9.10. The number of nitrogens with zero attached hydrogens (tertiary/aromatic N) is 5. The predicted molar refractivity (Wildman–Crippen MR) is 98.4 cm³/mol. The number of aryl methyl sites for hydroxylation is 1. The van der Waals surface area contributed by atoms with Gasteiger partial charge in [-0.3, -0.25) is 13.9 Å². The van der Waals surface area contributed by atoms with Crippen molar-refractivity contribution in [3.63, 3.8) is 0 Å². The Balaban J connectivity index is 1.45. The van der Waals surface area contributed by atoms with Gasteiger partial charge in [0.1, 0.15) is 4.60 Å². The maximum absolute atomic E-state index is 12.9. The summed E-state index contributed by atoms with van der Waals surface area (Å²) in [5, 5.41) is 4.23. The van der Waals surface area contributed by atoms with Crippen LogP contribution in [0.3, 0.4) is 0 Å². The van der Waals surface area contributed by atoms with Crippen molar-refractivity contribution in [2.45, 2.75) is 19.3 Å². The summed E-state index contributed by atoms with van der Waals surface area (Å²) in [7, 11) is 1.98. The van der Waals surface area contributed by atoms with Crippen LogP contribution in [0.5, 0.6) is 0 Å². The van der Waals surface area contributed by atoms with Crippen molar-refractivity contribution < 1.29 is 4.79 Å².